The summed E-state index contributed by atoms with van der Waals surface area (Å²) in [4.78, 5) is 22.8. The molecule has 0 spiro atoms. The molecule has 1 aromatic rings. The van der Waals surface area contributed by atoms with Crippen LogP contribution in [0.1, 0.15) is 41.6 Å². The van der Waals surface area contributed by atoms with E-state index in [-0.39, 0.29) is 12.0 Å². The van der Waals surface area contributed by atoms with Gasteiger partial charge in [-0.2, -0.15) is 0 Å². The molecular weight excluding hydrogens is 270 g/mol. The third kappa shape index (κ3) is 4.86. The first-order chi connectivity index (χ1) is 10.2. The number of hydrogen-bond donors (Lipinski definition) is 2. The van der Waals surface area contributed by atoms with Crippen LogP contribution in [0.15, 0.2) is 24.3 Å². The molecule has 1 amide bonds. The lowest BCUT2D eigenvalue weighted by Gasteiger charge is -2.10. The molecule has 0 radical (unpaired) electrons. The van der Waals surface area contributed by atoms with Gasteiger partial charge in [0.05, 0.1) is 11.7 Å². The molecule has 1 aliphatic heterocycles. The fraction of sp³-hybridized carbons (Fsp3) is 0.500. The number of hydrogen-bond acceptors (Lipinski definition) is 3. The molecule has 21 heavy (non-hydrogen) atoms. The van der Waals surface area contributed by atoms with E-state index in [0.717, 1.165) is 31.4 Å². The molecule has 1 unspecified atom stereocenters. The summed E-state index contributed by atoms with van der Waals surface area (Å²) in [6.07, 6.45) is 4.09. The Hall–Kier alpha value is -1.88. The van der Waals surface area contributed by atoms with Gasteiger partial charge in [-0.1, -0.05) is 18.2 Å². The average molecular weight is 291 g/mol. The third-order valence-corrected chi connectivity index (χ3v) is 3.68. The number of ether oxygens (including phenoxy) is 1. The average Bonchev–Trinajstić information content (AvgIpc) is 2.99. The van der Waals surface area contributed by atoms with Gasteiger partial charge in [0.1, 0.15) is 0 Å². The van der Waals surface area contributed by atoms with E-state index < -0.39 is 5.97 Å². The molecule has 114 valence electrons. The molecule has 2 N–H and O–H groups in total. The number of aromatic carboxylic acids is 1. The maximum atomic E-state index is 11.7. The fourth-order valence-corrected chi connectivity index (χ4v) is 2.54. The molecule has 0 saturated carbocycles. The largest absolute Gasteiger partial charge is 0.478 e. The summed E-state index contributed by atoms with van der Waals surface area (Å²) in [5.74, 6) is -0.936. The van der Waals surface area contributed by atoms with Gasteiger partial charge in [0.15, 0.2) is 0 Å². The minimum absolute atomic E-state index is 0.00157. The molecule has 5 nitrogen and oxygen atoms in total. The molecule has 1 aromatic carbocycles. The number of carbonyl (C=O) groups excluding carboxylic acids is 1. The smallest absolute Gasteiger partial charge is 0.335 e. The van der Waals surface area contributed by atoms with Crippen molar-refractivity contribution in [3.63, 3.8) is 0 Å². The minimum Gasteiger partial charge on any atom is -0.478 e. The van der Waals surface area contributed by atoms with Crippen LogP contribution in [0, 0.1) is 0 Å². The van der Waals surface area contributed by atoms with E-state index in [4.69, 9.17) is 9.84 Å². The Morgan fingerprint density at radius 2 is 2.14 bits per heavy atom. The Morgan fingerprint density at radius 1 is 1.33 bits per heavy atom. The monoisotopic (exact) mass is 291 g/mol. The van der Waals surface area contributed by atoms with Crippen LogP contribution in [0.5, 0.6) is 0 Å². The van der Waals surface area contributed by atoms with Gasteiger partial charge >= 0.3 is 5.97 Å². The van der Waals surface area contributed by atoms with Crippen LogP contribution in [-0.4, -0.2) is 36.2 Å². The second kappa shape index (κ2) is 7.78. The predicted octanol–water partition coefficient (Wildman–Crippen LogP) is 2.00. The van der Waals surface area contributed by atoms with Crippen molar-refractivity contribution in [3.8, 4) is 0 Å². The Balaban J connectivity index is 1.71. The zero-order valence-corrected chi connectivity index (χ0v) is 12.0. The second-order valence-electron chi connectivity index (χ2n) is 5.24. The third-order valence-electron chi connectivity index (χ3n) is 3.68. The van der Waals surface area contributed by atoms with Gasteiger partial charge in [0.2, 0.25) is 5.91 Å². The molecule has 1 atom stereocenters. The highest BCUT2D eigenvalue weighted by Gasteiger charge is 2.16. The molecule has 1 saturated heterocycles. The van der Waals surface area contributed by atoms with E-state index in [1.807, 2.05) is 0 Å². The quantitative estimate of drug-likeness (QED) is 0.805. The van der Waals surface area contributed by atoms with Crippen molar-refractivity contribution >= 4 is 11.9 Å². The maximum Gasteiger partial charge on any atom is 0.335 e. The van der Waals surface area contributed by atoms with Crippen LogP contribution in [0.4, 0.5) is 0 Å². The standard InChI is InChI=1S/C16H21NO4/c18-15(8-7-13-5-3-11-21-13)17-10-9-12-4-1-2-6-14(12)16(19)20/h1-2,4,6,13H,3,5,7-11H2,(H,17,18)(H,19,20). The van der Waals surface area contributed by atoms with Crippen molar-refractivity contribution in [3.05, 3.63) is 35.4 Å². The summed E-state index contributed by atoms with van der Waals surface area (Å²) in [7, 11) is 0. The van der Waals surface area contributed by atoms with Crippen molar-refractivity contribution in [2.24, 2.45) is 0 Å². The van der Waals surface area contributed by atoms with E-state index in [0.29, 0.717) is 24.9 Å². The van der Waals surface area contributed by atoms with Crippen LogP contribution in [0.2, 0.25) is 0 Å². The van der Waals surface area contributed by atoms with Gasteiger partial charge in [-0.15, -0.1) is 0 Å². The Kier molecular flexibility index (Phi) is 5.75. The lowest BCUT2D eigenvalue weighted by molar-refractivity contribution is -0.121. The molecule has 5 heteroatoms. The molecule has 1 aliphatic rings. The van der Waals surface area contributed by atoms with Gasteiger partial charge in [-0.05, 0) is 37.3 Å². The van der Waals surface area contributed by atoms with Crippen molar-refractivity contribution in [2.75, 3.05) is 13.2 Å². The molecule has 1 fully saturated rings. The summed E-state index contributed by atoms with van der Waals surface area (Å²) >= 11 is 0. The van der Waals surface area contributed by atoms with Crippen LogP contribution in [0.3, 0.4) is 0 Å². The Morgan fingerprint density at radius 3 is 2.86 bits per heavy atom. The first-order valence-corrected chi connectivity index (χ1v) is 7.36. The number of carboxylic acid groups (broad SMARTS) is 1. The molecule has 0 bridgehead atoms. The number of nitrogens with one attached hydrogen (secondary N) is 1. The Labute approximate surface area is 124 Å². The van der Waals surface area contributed by atoms with Gasteiger partial charge in [-0.3, -0.25) is 4.79 Å². The van der Waals surface area contributed by atoms with Crippen molar-refractivity contribution in [1.82, 2.24) is 5.32 Å². The van der Waals surface area contributed by atoms with Gasteiger partial charge in [0, 0.05) is 19.6 Å². The topological polar surface area (TPSA) is 75.6 Å². The summed E-state index contributed by atoms with van der Waals surface area (Å²) in [6, 6.07) is 6.87. The second-order valence-corrected chi connectivity index (χ2v) is 5.24. The number of rotatable bonds is 7. The fourth-order valence-electron chi connectivity index (χ4n) is 2.54. The highest BCUT2D eigenvalue weighted by Crippen LogP contribution is 2.16. The summed E-state index contributed by atoms with van der Waals surface area (Å²) in [6.45, 7) is 1.26. The van der Waals surface area contributed by atoms with E-state index >= 15 is 0 Å². The molecule has 1 heterocycles. The van der Waals surface area contributed by atoms with E-state index in [1.165, 1.54) is 0 Å². The van der Waals surface area contributed by atoms with E-state index in [2.05, 4.69) is 5.32 Å². The highest BCUT2D eigenvalue weighted by molar-refractivity contribution is 5.89. The van der Waals surface area contributed by atoms with Gasteiger partial charge in [0.25, 0.3) is 0 Å². The minimum atomic E-state index is -0.935. The Bertz CT molecular complexity index is 495. The molecule has 0 aliphatic carbocycles. The molecule has 2 rings (SSSR count). The molecular formula is C16H21NO4. The summed E-state index contributed by atoms with van der Waals surface area (Å²) < 4.78 is 5.47. The number of carboxylic acids is 1. The normalized spacial score (nSPS) is 17.6. The summed E-state index contributed by atoms with van der Waals surface area (Å²) in [5, 5.41) is 11.9. The zero-order valence-electron chi connectivity index (χ0n) is 12.0. The van der Waals surface area contributed by atoms with Crippen molar-refractivity contribution in [1.29, 1.82) is 0 Å². The van der Waals surface area contributed by atoms with Crippen molar-refractivity contribution < 1.29 is 19.4 Å². The first-order valence-electron chi connectivity index (χ1n) is 7.36. The number of benzene rings is 1. The van der Waals surface area contributed by atoms with Crippen LogP contribution < -0.4 is 5.32 Å². The number of amides is 1. The van der Waals surface area contributed by atoms with E-state index in [1.54, 1.807) is 24.3 Å². The van der Waals surface area contributed by atoms with Crippen molar-refractivity contribution in [2.45, 2.75) is 38.2 Å². The van der Waals surface area contributed by atoms with E-state index in [9.17, 15) is 9.59 Å². The van der Waals surface area contributed by atoms with Crippen LogP contribution in [0.25, 0.3) is 0 Å². The maximum absolute atomic E-state index is 11.7. The first kappa shape index (κ1) is 15.5. The van der Waals surface area contributed by atoms with Gasteiger partial charge in [-0.25, -0.2) is 4.79 Å². The molecule has 0 aromatic heterocycles. The van der Waals surface area contributed by atoms with Gasteiger partial charge < -0.3 is 15.2 Å². The lowest BCUT2D eigenvalue weighted by Crippen LogP contribution is -2.26. The lowest BCUT2D eigenvalue weighted by atomic mass is 10.0. The SMILES string of the molecule is O=C(CCC1CCCO1)NCCc1ccccc1C(=O)O. The number of carbonyl (C=O) groups is 2. The van der Waals surface area contributed by atoms with Crippen LogP contribution in [-0.2, 0) is 16.0 Å². The highest BCUT2D eigenvalue weighted by atomic mass is 16.5. The zero-order chi connectivity index (χ0) is 15.1. The summed E-state index contributed by atoms with van der Waals surface area (Å²) in [5.41, 5.74) is 1.04. The van der Waals surface area contributed by atoms with Crippen LogP contribution >= 0.6 is 0 Å². The predicted molar refractivity (Wildman–Crippen MR) is 78.3 cm³/mol.